The van der Waals surface area contributed by atoms with Crippen LogP contribution in [0.15, 0.2) is 18.9 Å². The lowest BCUT2D eigenvalue weighted by Gasteiger charge is -2.09. The number of hydrogen-bond donors (Lipinski definition) is 1. The molecule has 0 unspecified atom stereocenters. The molecule has 0 spiro atoms. The van der Waals surface area contributed by atoms with Crippen LogP contribution in [0.2, 0.25) is 0 Å². The van der Waals surface area contributed by atoms with Crippen molar-refractivity contribution in [3.05, 3.63) is 30.4 Å². The molecule has 0 atom stereocenters. The normalized spacial score (nSPS) is 10.5. The third-order valence-corrected chi connectivity index (χ3v) is 2.43. The molecule has 84 valence electrons. The highest BCUT2D eigenvalue weighted by Crippen LogP contribution is 2.06. The molecule has 1 heterocycles. The van der Waals surface area contributed by atoms with Gasteiger partial charge in [-0.2, -0.15) is 0 Å². The number of hydrogen-bond acceptors (Lipinski definition) is 2. The fraction of sp³-hybridized carbons (Fsp3) is 0.583. The highest BCUT2D eigenvalue weighted by Gasteiger charge is 2.04. The molecular formula is C12H21N3. The van der Waals surface area contributed by atoms with Crippen LogP contribution in [0.1, 0.15) is 31.3 Å². The third kappa shape index (κ3) is 3.51. The largest absolute Gasteiger partial charge is 0.331 e. The number of allylic oxidation sites excluding steroid dienone is 1. The zero-order valence-electron chi connectivity index (χ0n) is 9.79. The van der Waals surface area contributed by atoms with Crippen LogP contribution in [0.25, 0.3) is 0 Å². The highest BCUT2D eigenvalue weighted by molar-refractivity contribution is 5.04. The maximum absolute atomic E-state index is 4.34. The van der Waals surface area contributed by atoms with Gasteiger partial charge in [0.15, 0.2) is 0 Å². The second-order valence-electron chi connectivity index (χ2n) is 3.70. The standard InChI is InChI=1S/C12H21N3/c1-4-6-8-15-11(3)14-10-12(15)9-13-7-5-2/h4,10,13H,1,5-9H2,2-3H3. The van der Waals surface area contributed by atoms with Crippen molar-refractivity contribution in [3.63, 3.8) is 0 Å². The van der Waals surface area contributed by atoms with E-state index in [2.05, 4.69) is 28.4 Å². The predicted octanol–water partition coefficient (Wildman–Crippen LogP) is 2.27. The number of imidazole rings is 1. The molecule has 0 fully saturated rings. The zero-order valence-corrected chi connectivity index (χ0v) is 9.79. The molecule has 1 aromatic rings. The van der Waals surface area contributed by atoms with E-state index < -0.39 is 0 Å². The minimum absolute atomic E-state index is 0.909. The first kappa shape index (κ1) is 12.0. The van der Waals surface area contributed by atoms with E-state index in [0.29, 0.717) is 0 Å². The Morgan fingerprint density at radius 3 is 3.07 bits per heavy atom. The molecule has 0 aliphatic heterocycles. The maximum atomic E-state index is 4.34. The molecule has 0 radical (unpaired) electrons. The van der Waals surface area contributed by atoms with E-state index in [9.17, 15) is 0 Å². The fourth-order valence-electron chi connectivity index (χ4n) is 1.58. The summed E-state index contributed by atoms with van der Waals surface area (Å²) in [7, 11) is 0. The molecule has 3 heteroatoms. The molecule has 3 nitrogen and oxygen atoms in total. The minimum atomic E-state index is 0.909. The van der Waals surface area contributed by atoms with Gasteiger partial charge in [-0.15, -0.1) is 6.58 Å². The zero-order chi connectivity index (χ0) is 11.1. The second-order valence-corrected chi connectivity index (χ2v) is 3.70. The Bertz CT molecular complexity index is 302. The van der Waals surface area contributed by atoms with E-state index in [1.807, 2.05) is 19.2 Å². The van der Waals surface area contributed by atoms with E-state index in [1.165, 1.54) is 12.1 Å². The predicted molar refractivity (Wildman–Crippen MR) is 63.8 cm³/mol. The average Bonchev–Trinajstić information content (AvgIpc) is 2.58. The van der Waals surface area contributed by atoms with E-state index in [1.54, 1.807) is 0 Å². The summed E-state index contributed by atoms with van der Waals surface area (Å²) in [6.45, 7) is 10.9. The van der Waals surface area contributed by atoms with Crippen molar-refractivity contribution in [1.29, 1.82) is 0 Å². The van der Waals surface area contributed by atoms with Crippen LogP contribution < -0.4 is 5.32 Å². The van der Waals surface area contributed by atoms with Crippen molar-refractivity contribution >= 4 is 0 Å². The Hall–Kier alpha value is -1.09. The molecule has 0 aliphatic carbocycles. The van der Waals surface area contributed by atoms with E-state index >= 15 is 0 Å². The summed E-state index contributed by atoms with van der Waals surface area (Å²) in [6.07, 6.45) is 6.07. The second kappa shape index (κ2) is 6.40. The molecule has 0 saturated carbocycles. The van der Waals surface area contributed by atoms with Crippen molar-refractivity contribution < 1.29 is 0 Å². The molecule has 1 rings (SSSR count). The summed E-state index contributed by atoms with van der Waals surface area (Å²) in [4.78, 5) is 4.34. The fourth-order valence-corrected chi connectivity index (χ4v) is 1.58. The van der Waals surface area contributed by atoms with Crippen LogP contribution in [-0.2, 0) is 13.1 Å². The molecule has 0 saturated heterocycles. The van der Waals surface area contributed by atoms with Gasteiger partial charge >= 0.3 is 0 Å². The van der Waals surface area contributed by atoms with E-state index in [4.69, 9.17) is 0 Å². The lowest BCUT2D eigenvalue weighted by molar-refractivity contribution is 0.599. The molecule has 0 aromatic carbocycles. The third-order valence-electron chi connectivity index (χ3n) is 2.43. The van der Waals surface area contributed by atoms with Gasteiger partial charge in [0, 0.05) is 19.3 Å². The van der Waals surface area contributed by atoms with Gasteiger partial charge in [0.2, 0.25) is 0 Å². The number of rotatable bonds is 7. The van der Waals surface area contributed by atoms with Gasteiger partial charge in [-0.05, 0) is 26.3 Å². The quantitative estimate of drug-likeness (QED) is 0.549. The Morgan fingerprint density at radius 1 is 1.60 bits per heavy atom. The Balaban J connectivity index is 2.57. The van der Waals surface area contributed by atoms with Gasteiger partial charge in [0.25, 0.3) is 0 Å². The summed E-state index contributed by atoms with van der Waals surface area (Å²) in [5.74, 6) is 1.09. The van der Waals surface area contributed by atoms with Gasteiger partial charge in [-0.3, -0.25) is 0 Å². The first-order chi connectivity index (χ1) is 7.29. The van der Waals surface area contributed by atoms with Gasteiger partial charge < -0.3 is 9.88 Å². The Kier molecular flexibility index (Phi) is 5.12. The van der Waals surface area contributed by atoms with Crippen LogP contribution >= 0.6 is 0 Å². The van der Waals surface area contributed by atoms with Gasteiger partial charge in [-0.25, -0.2) is 4.98 Å². The first-order valence-electron chi connectivity index (χ1n) is 5.62. The molecule has 0 aliphatic rings. The van der Waals surface area contributed by atoms with Gasteiger partial charge in [-0.1, -0.05) is 13.0 Å². The molecule has 0 bridgehead atoms. The van der Waals surface area contributed by atoms with Crippen LogP contribution in [0.3, 0.4) is 0 Å². The van der Waals surface area contributed by atoms with Crippen LogP contribution in [0.5, 0.6) is 0 Å². The molecule has 0 amide bonds. The lowest BCUT2D eigenvalue weighted by atomic mass is 10.3. The Morgan fingerprint density at radius 2 is 2.40 bits per heavy atom. The van der Waals surface area contributed by atoms with Crippen molar-refractivity contribution in [2.45, 2.75) is 39.8 Å². The highest BCUT2D eigenvalue weighted by atomic mass is 15.1. The molecule has 1 N–H and O–H groups in total. The monoisotopic (exact) mass is 207 g/mol. The SMILES string of the molecule is C=CCCn1c(CNCCC)cnc1C. The molecule has 15 heavy (non-hydrogen) atoms. The van der Waals surface area contributed by atoms with Gasteiger partial charge in [0.05, 0.1) is 5.69 Å². The van der Waals surface area contributed by atoms with Crippen LogP contribution in [0.4, 0.5) is 0 Å². The van der Waals surface area contributed by atoms with Crippen molar-refractivity contribution in [1.82, 2.24) is 14.9 Å². The van der Waals surface area contributed by atoms with Crippen LogP contribution in [-0.4, -0.2) is 16.1 Å². The summed E-state index contributed by atoms with van der Waals surface area (Å²) < 4.78 is 2.25. The van der Waals surface area contributed by atoms with E-state index in [-0.39, 0.29) is 0 Å². The van der Waals surface area contributed by atoms with E-state index in [0.717, 1.165) is 31.9 Å². The average molecular weight is 207 g/mol. The summed E-state index contributed by atoms with van der Waals surface area (Å²) in [6, 6.07) is 0. The van der Waals surface area contributed by atoms with Crippen molar-refractivity contribution in [2.75, 3.05) is 6.54 Å². The Labute approximate surface area is 92.2 Å². The summed E-state index contributed by atoms with van der Waals surface area (Å²) in [5.41, 5.74) is 1.27. The van der Waals surface area contributed by atoms with Gasteiger partial charge in [0.1, 0.15) is 5.82 Å². The first-order valence-corrected chi connectivity index (χ1v) is 5.62. The van der Waals surface area contributed by atoms with Crippen molar-refractivity contribution in [2.24, 2.45) is 0 Å². The summed E-state index contributed by atoms with van der Waals surface area (Å²) >= 11 is 0. The lowest BCUT2D eigenvalue weighted by Crippen LogP contribution is -2.17. The number of nitrogens with one attached hydrogen (secondary N) is 1. The topological polar surface area (TPSA) is 29.9 Å². The maximum Gasteiger partial charge on any atom is 0.105 e. The smallest absolute Gasteiger partial charge is 0.105 e. The number of aromatic nitrogens is 2. The van der Waals surface area contributed by atoms with Crippen LogP contribution in [0, 0.1) is 6.92 Å². The summed E-state index contributed by atoms with van der Waals surface area (Å²) in [5, 5.41) is 3.39. The number of nitrogens with zero attached hydrogens (tertiary/aromatic N) is 2. The molecular weight excluding hydrogens is 186 g/mol. The minimum Gasteiger partial charge on any atom is -0.331 e. The molecule has 1 aromatic heterocycles. The van der Waals surface area contributed by atoms with Crippen molar-refractivity contribution in [3.8, 4) is 0 Å². The number of aryl methyl sites for hydroxylation is 1.